The summed E-state index contributed by atoms with van der Waals surface area (Å²) >= 11 is 0. The molecule has 0 radical (unpaired) electrons. The lowest BCUT2D eigenvalue weighted by Gasteiger charge is -2.00. The summed E-state index contributed by atoms with van der Waals surface area (Å²) in [5, 5.41) is 0. The van der Waals surface area contributed by atoms with Crippen molar-refractivity contribution in [2.45, 2.75) is 41.5 Å². The van der Waals surface area contributed by atoms with Gasteiger partial charge in [-0.1, -0.05) is 26.0 Å². The van der Waals surface area contributed by atoms with Gasteiger partial charge >= 0.3 is 0 Å². The SMILES string of the molecule is CC(N)=C(C)C=CC(C)=C(C)C=NCC(C)C. The Hall–Kier alpha value is -1.31. The van der Waals surface area contributed by atoms with Gasteiger partial charge in [-0.05, 0) is 50.3 Å². The molecule has 0 aliphatic carbocycles. The standard InChI is InChI=1S/C15H26N2/c1-11(2)9-17-10-14(5)12(3)7-8-13(4)15(6)16/h7-8,10-11H,9,16H2,1-6H3. The molecule has 2 N–H and O–H groups in total. The van der Waals surface area contributed by atoms with Crippen LogP contribution in [0.25, 0.3) is 0 Å². The molecule has 17 heavy (non-hydrogen) atoms. The van der Waals surface area contributed by atoms with Crippen LogP contribution in [0.1, 0.15) is 41.5 Å². The molecule has 2 heteroatoms. The largest absolute Gasteiger partial charge is 0.402 e. The Labute approximate surface area is 106 Å². The first-order valence-corrected chi connectivity index (χ1v) is 6.13. The van der Waals surface area contributed by atoms with Crippen molar-refractivity contribution < 1.29 is 0 Å². The minimum atomic E-state index is 0.611. The van der Waals surface area contributed by atoms with Gasteiger partial charge in [-0.15, -0.1) is 0 Å². The van der Waals surface area contributed by atoms with E-state index < -0.39 is 0 Å². The van der Waals surface area contributed by atoms with E-state index >= 15 is 0 Å². The zero-order chi connectivity index (χ0) is 13.4. The van der Waals surface area contributed by atoms with E-state index in [4.69, 9.17) is 5.73 Å². The van der Waals surface area contributed by atoms with Gasteiger partial charge < -0.3 is 5.73 Å². The second-order valence-electron chi connectivity index (χ2n) is 4.95. The third-order valence-corrected chi connectivity index (χ3v) is 2.58. The Morgan fingerprint density at radius 3 is 2.00 bits per heavy atom. The van der Waals surface area contributed by atoms with Crippen LogP contribution >= 0.6 is 0 Å². The lowest BCUT2D eigenvalue weighted by Crippen LogP contribution is -1.94. The Morgan fingerprint density at radius 1 is 1.00 bits per heavy atom. The van der Waals surface area contributed by atoms with Crippen LogP contribution in [-0.4, -0.2) is 12.8 Å². The van der Waals surface area contributed by atoms with E-state index in [1.807, 2.05) is 26.1 Å². The van der Waals surface area contributed by atoms with E-state index in [1.54, 1.807) is 0 Å². The Bertz CT molecular complexity index is 351. The van der Waals surface area contributed by atoms with Crippen LogP contribution in [0.15, 0.2) is 39.6 Å². The van der Waals surface area contributed by atoms with Crippen molar-refractivity contribution in [3.63, 3.8) is 0 Å². The molecule has 0 spiro atoms. The van der Waals surface area contributed by atoms with E-state index in [-0.39, 0.29) is 0 Å². The van der Waals surface area contributed by atoms with Crippen LogP contribution in [0, 0.1) is 5.92 Å². The van der Waals surface area contributed by atoms with Crippen LogP contribution in [0.5, 0.6) is 0 Å². The number of hydrogen-bond donors (Lipinski definition) is 1. The minimum absolute atomic E-state index is 0.611. The number of rotatable bonds is 5. The highest BCUT2D eigenvalue weighted by Gasteiger charge is 1.92. The fourth-order valence-electron chi connectivity index (χ4n) is 1.02. The van der Waals surface area contributed by atoms with Crippen LogP contribution in [-0.2, 0) is 0 Å². The van der Waals surface area contributed by atoms with Gasteiger partial charge in [0.1, 0.15) is 0 Å². The van der Waals surface area contributed by atoms with Crippen molar-refractivity contribution in [3.05, 3.63) is 34.6 Å². The van der Waals surface area contributed by atoms with Gasteiger partial charge in [0.05, 0.1) is 0 Å². The minimum Gasteiger partial charge on any atom is -0.402 e. The van der Waals surface area contributed by atoms with Gasteiger partial charge in [0, 0.05) is 18.5 Å². The molecular weight excluding hydrogens is 208 g/mol. The van der Waals surface area contributed by atoms with Crippen LogP contribution < -0.4 is 5.73 Å². The van der Waals surface area contributed by atoms with Gasteiger partial charge in [0.2, 0.25) is 0 Å². The summed E-state index contributed by atoms with van der Waals surface area (Å²) in [6.07, 6.45) is 6.08. The van der Waals surface area contributed by atoms with Gasteiger partial charge in [-0.25, -0.2) is 0 Å². The average molecular weight is 234 g/mol. The van der Waals surface area contributed by atoms with E-state index in [2.05, 4.69) is 38.8 Å². The highest BCUT2D eigenvalue weighted by molar-refractivity contribution is 5.79. The molecule has 0 aromatic heterocycles. The van der Waals surface area contributed by atoms with Crippen LogP contribution in [0.3, 0.4) is 0 Å². The maximum Gasteiger partial charge on any atom is 0.0412 e. The van der Waals surface area contributed by atoms with E-state index in [9.17, 15) is 0 Å². The Kier molecular flexibility index (Phi) is 7.27. The van der Waals surface area contributed by atoms with Crippen LogP contribution in [0.4, 0.5) is 0 Å². The molecule has 0 unspecified atom stereocenters. The molecule has 0 fully saturated rings. The quantitative estimate of drug-likeness (QED) is 0.569. The maximum atomic E-state index is 5.70. The third-order valence-electron chi connectivity index (χ3n) is 2.58. The first-order valence-electron chi connectivity index (χ1n) is 6.13. The lowest BCUT2D eigenvalue weighted by molar-refractivity contribution is 0.667. The summed E-state index contributed by atoms with van der Waals surface area (Å²) in [6.45, 7) is 13.3. The summed E-state index contributed by atoms with van der Waals surface area (Å²) in [4.78, 5) is 4.40. The van der Waals surface area contributed by atoms with Crippen LogP contribution in [0.2, 0.25) is 0 Å². The molecule has 0 saturated carbocycles. The zero-order valence-electron chi connectivity index (χ0n) is 12.0. The molecule has 0 aromatic rings. The fourth-order valence-corrected chi connectivity index (χ4v) is 1.02. The van der Waals surface area contributed by atoms with Gasteiger partial charge in [0.15, 0.2) is 0 Å². The van der Waals surface area contributed by atoms with Gasteiger partial charge in [-0.2, -0.15) is 0 Å². The summed E-state index contributed by atoms with van der Waals surface area (Å²) in [5.41, 5.74) is 10.1. The van der Waals surface area contributed by atoms with E-state index in [1.165, 1.54) is 11.1 Å². The van der Waals surface area contributed by atoms with Crippen molar-refractivity contribution in [2.75, 3.05) is 6.54 Å². The molecular formula is C15H26N2. The highest BCUT2D eigenvalue weighted by atomic mass is 14.7. The van der Waals surface area contributed by atoms with E-state index in [0.29, 0.717) is 5.92 Å². The fraction of sp³-hybridized carbons (Fsp3) is 0.533. The third kappa shape index (κ3) is 7.56. The zero-order valence-corrected chi connectivity index (χ0v) is 12.0. The molecule has 96 valence electrons. The first kappa shape index (κ1) is 15.7. The van der Waals surface area contributed by atoms with Crippen molar-refractivity contribution in [1.82, 2.24) is 0 Å². The molecule has 2 nitrogen and oxygen atoms in total. The normalized spacial score (nSPS) is 15.7. The smallest absolute Gasteiger partial charge is 0.0412 e. The van der Waals surface area contributed by atoms with Crippen molar-refractivity contribution >= 4 is 6.21 Å². The first-order chi connectivity index (χ1) is 7.84. The molecule has 0 atom stereocenters. The van der Waals surface area contributed by atoms with Crippen molar-refractivity contribution in [1.29, 1.82) is 0 Å². The summed E-state index contributed by atoms with van der Waals surface area (Å²) < 4.78 is 0. The number of hydrogen-bond acceptors (Lipinski definition) is 2. The van der Waals surface area contributed by atoms with Gasteiger partial charge in [0.25, 0.3) is 0 Å². The highest BCUT2D eigenvalue weighted by Crippen LogP contribution is 2.07. The molecule has 0 aliphatic heterocycles. The molecule has 0 heterocycles. The van der Waals surface area contributed by atoms with Crippen molar-refractivity contribution in [2.24, 2.45) is 16.6 Å². The number of nitrogens with zero attached hydrogens (tertiary/aromatic N) is 1. The Balaban J connectivity index is 4.61. The molecule has 0 amide bonds. The lowest BCUT2D eigenvalue weighted by atomic mass is 10.1. The monoisotopic (exact) mass is 234 g/mol. The maximum absolute atomic E-state index is 5.70. The molecule has 0 saturated heterocycles. The molecule has 0 aromatic carbocycles. The summed E-state index contributed by atoms with van der Waals surface area (Å²) in [7, 11) is 0. The molecule has 0 bridgehead atoms. The second kappa shape index (κ2) is 7.88. The Morgan fingerprint density at radius 2 is 1.53 bits per heavy atom. The predicted molar refractivity (Wildman–Crippen MR) is 78.3 cm³/mol. The van der Waals surface area contributed by atoms with E-state index in [0.717, 1.165) is 17.8 Å². The summed E-state index contributed by atoms with van der Waals surface area (Å²) in [5.74, 6) is 0.611. The second-order valence-corrected chi connectivity index (χ2v) is 4.95. The topological polar surface area (TPSA) is 38.4 Å². The predicted octanol–water partition coefficient (Wildman–Crippen LogP) is 3.86. The molecule has 0 aliphatic rings. The average Bonchev–Trinajstić information content (AvgIpc) is 2.24. The summed E-state index contributed by atoms with van der Waals surface area (Å²) in [6, 6.07) is 0. The number of aliphatic imine (C=N–C) groups is 1. The van der Waals surface area contributed by atoms with Gasteiger partial charge in [-0.3, -0.25) is 4.99 Å². The molecule has 0 rings (SSSR count). The number of allylic oxidation sites excluding steroid dienone is 6. The van der Waals surface area contributed by atoms with Crippen molar-refractivity contribution in [3.8, 4) is 0 Å². The number of nitrogens with two attached hydrogens (primary N) is 1.